The smallest absolute Gasteiger partial charge is 0.271 e. The number of amides is 1. The lowest BCUT2D eigenvalue weighted by molar-refractivity contribution is -0.135. The number of nitrogens with zero attached hydrogens (tertiary/aromatic N) is 2. The summed E-state index contributed by atoms with van der Waals surface area (Å²) >= 11 is 0. The molecule has 1 fully saturated rings. The first-order valence-corrected chi connectivity index (χ1v) is 8.36. The van der Waals surface area contributed by atoms with Crippen LogP contribution in [0.3, 0.4) is 0 Å². The van der Waals surface area contributed by atoms with E-state index in [0.717, 1.165) is 17.0 Å². The molecule has 5 nitrogen and oxygen atoms in total. The van der Waals surface area contributed by atoms with E-state index in [0.29, 0.717) is 5.75 Å². The van der Waals surface area contributed by atoms with E-state index in [-0.39, 0.29) is 11.9 Å². The summed E-state index contributed by atoms with van der Waals surface area (Å²) in [5.41, 5.74) is 1.74. The maximum Gasteiger partial charge on any atom is 0.271 e. The highest BCUT2D eigenvalue weighted by atomic mass is 16.5. The monoisotopic (exact) mass is 346 g/mol. The quantitative estimate of drug-likeness (QED) is 0.662. The molecule has 2 heterocycles. The lowest BCUT2D eigenvalue weighted by Gasteiger charge is -2.46. The van der Waals surface area contributed by atoms with Crippen molar-refractivity contribution in [3.05, 3.63) is 84.7 Å². The van der Waals surface area contributed by atoms with E-state index in [2.05, 4.69) is 4.98 Å². The first kappa shape index (κ1) is 16.1. The van der Waals surface area contributed by atoms with Crippen molar-refractivity contribution in [1.29, 1.82) is 0 Å². The van der Waals surface area contributed by atoms with E-state index in [1.807, 2.05) is 66.7 Å². The number of pyridine rings is 1. The Kier molecular flexibility index (Phi) is 4.27. The molecule has 2 atom stereocenters. The standard InChI is InChI=1S/C21H18N2O3/c1-25-17-11-9-16(10-12-17)23-19(15-6-5-13-22-14-15)20(21(23)24)26-18-7-3-2-4-8-18/h2-14,19-20H,1H3. The van der Waals surface area contributed by atoms with Gasteiger partial charge in [0.05, 0.1) is 7.11 Å². The van der Waals surface area contributed by atoms with Crippen LogP contribution < -0.4 is 14.4 Å². The first-order valence-electron chi connectivity index (χ1n) is 8.36. The Labute approximate surface area is 151 Å². The summed E-state index contributed by atoms with van der Waals surface area (Å²) in [4.78, 5) is 18.8. The molecular formula is C21H18N2O3. The molecule has 1 amide bonds. The number of ether oxygens (including phenoxy) is 2. The molecule has 0 bridgehead atoms. The zero-order valence-electron chi connectivity index (χ0n) is 14.3. The minimum Gasteiger partial charge on any atom is -0.497 e. The number of aromatic nitrogens is 1. The molecule has 2 unspecified atom stereocenters. The zero-order valence-corrected chi connectivity index (χ0v) is 14.3. The third-order valence-electron chi connectivity index (χ3n) is 4.43. The van der Waals surface area contributed by atoms with Crippen molar-refractivity contribution in [1.82, 2.24) is 4.98 Å². The molecule has 1 saturated heterocycles. The van der Waals surface area contributed by atoms with Crippen LogP contribution in [-0.4, -0.2) is 24.1 Å². The minimum atomic E-state index is -0.580. The van der Waals surface area contributed by atoms with Gasteiger partial charge in [-0.05, 0) is 48.0 Å². The number of anilines is 1. The molecule has 0 aliphatic carbocycles. The number of rotatable bonds is 5. The predicted octanol–water partition coefficient (Wildman–Crippen LogP) is 3.63. The van der Waals surface area contributed by atoms with Crippen molar-refractivity contribution < 1.29 is 14.3 Å². The third-order valence-corrected chi connectivity index (χ3v) is 4.43. The van der Waals surface area contributed by atoms with E-state index in [1.54, 1.807) is 24.4 Å². The summed E-state index contributed by atoms with van der Waals surface area (Å²) in [6.45, 7) is 0. The first-order chi connectivity index (χ1) is 12.8. The summed E-state index contributed by atoms with van der Waals surface area (Å²) in [7, 11) is 1.62. The topological polar surface area (TPSA) is 51.7 Å². The molecule has 2 aromatic carbocycles. The Morgan fingerprint density at radius 2 is 1.69 bits per heavy atom. The van der Waals surface area contributed by atoms with Gasteiger partial charge in [-0.1, -0.05) is 24.3 Å². The van der Waals surface area contributed by atoms with Gasteiger partial charge >= 0.3 is 0 Å². The van der Waals surface area contributed by atoms with Gasteiger partial charge in [-0.25, -0.2) is 0 Å². The van der Waals surface area contributed by atoms with Crippen molar-refractivity contribution in [2.24, 2.45) is 0 Å². The van der Waals surface area contributed by atoms with Gasteiger partial charge in [-0.15, -0.1) is 0 Å². The van der Waals surface area contributed by atoms with E-state index in [4.69, 9.17) is 9.47 Å². The fraction of sp³-hybridized carbons (Fsp3) is 0.143. The van der Waals surface area contributed by atoms with Gasteiger partial charge < -0.3 is 9.47 Å². The summed E-state index contributed by atoms with van der Waals surface area (Å²) in [5, 5.41) is 0. The van der Waals surface area contributed by atoms with Crippen molar-refractivity contribution in [2.45, 2.75) is 12.1 Å². The second-order valence-corrected chi connectivity index (χ2v) is 5.99. The van der Waals surface area contributed by atoms with Crippen molar-refractivity contribution in [3.8, 4) is 11.5 Å². The number of benzene rings is 2. The lowest BCUT2D eigenvalue weighted by Crippen LogP contribution is -2.61. The second-order valence-electron chi connectivity index (χ2n) is 5.99. The van der Waals surface area contributed by atoms with Crippen molar-refractivity contribution >= 4 is 11.6 Å². The average molecular weight is 346 g/mol. The molecule has 0 N–H and O–H groups in total. The molecule has 5 heteroatoms. The molecule has 0 saturated carbocycles. The number of para-hydroxylation sites is 1. The Bertz CT molecular complexity index is 882. The van der Waals surface area contributed by atoms with E-state index in [9.17, 15) is 4.79 Å². The maximum absolute atomic E-state index is 12.9. The Morgan fingerprint density at radius 3 is 2.35 bits per heavy atom. The molecule has 3 aromatic rings. The van der Waals surface area contributed by atoms with Gasteiger partial charge in [0.2, 0.25) is 6.10 Å². The fourth-order valence-electron chi connectivity index (χ4n) is 3.13. The van der Waals surface area contributed by atoms with Crippen LogP contribution in [0.15, 0.2) is 79.1 Å². The van der Waals surface area contributed by atoms with Crippen molar-refractivity contribution in [2.75, 3.05) is 12.0 Å². The summed E-state index contributed by atoms with van der Waals surface area (Å²) in [5.74, 6) is 1.35. The molecule has 1 aliphatic rings. The van der Waals surface area contributed by atoms with E-state index in [1.165, 1.54) is 0 Å². The maximum atomic E-state index is 12.9. The van der Waals surface area contributed by atoms with Crippen molar-refractivity contribution in [3.63, 3.8) is 0 Å². The Balaban J connectivity index is 1.66. The van der Waals surface area contributed by atoms with Gasteiger partial charge in [0.15, 0.2) is 0 Å². The number of hydrogen-bond acceptors (Lipinski definition) is 4. The molecular weight excluding hydrogens is 328 g/mol. The van der Waals surface area contributed by atoms with Crippen LogP contribution in [-0.2, 0) is 4.79 Å². The number of hydrogen-bond donors (Lipinski definition) is 0. The molecule has 26 heavy (non-hydrogen) atoms. The summed E-state index contributed by atoms with van der Waals surface area (Å²) in [6.07, 6.45) is 2.91. The SMILES string of the molecule is COc1ccc(N2C(=O)C(Oc3ccccc3)C2c2cccnc2)cc1. The lowest BCUT2D eigenvalue weighted by atomic mass is 9.90. The Morgan fingerprint density at radius 1 is 0.923 bits per heavy atom. The number of β-lactam (4-membered cyclic amide) rings is 1. The minimum absolute atomic E-state index is 0.0760. The highest BCUT2D eigenvalue weighted by Gasteiger charge is 2.51. The van der Waals surface area contributed by atoms with Gasteiger partial charge in [0, 0.05) is 18.1 Å². The molecule has 0 spiro atoms. The van der Waals surface area contributed by atoms with Gasteiger partial charge in [-0.3, -0.25) is 14.7 Å². The predicted molar refractivity (Wildman–Crippen MR) is 98.3 cm³/mol. The zero-order chi connectivity index (χ0) is 17.9. The van der Waals surface area contributed by atoms with Crippen LogP contribution in [0.25, 0.3) is 0 Å². The van der Waals surface area contributed by atoms with Gasteiger partial charge in [0.1, 0.15) is 17.5 Å². The third kappa shape index (κ3) is 2.88. The van der Waals surface area contributed by atoms with Crippen LogP contribution in [0.4, 0.5) is 5.69 Å². The summed E-state index contributed by atoms with van der Waals surface area (Å²) in [6, 6.07) is 20.4. The average Bonchev–Trinajstić information content (AvgIpc) is 2.71. The van der Waals surface area contributed by atoms with E-state index < -0.39 is 6.10 Å². The van der Waals surface area contributed by atoms with Crippen LogP contribution in [0.1, 0.15) is 11.6 Å². The van der Waals surface area contributed by atoms with E-state index >= 15 is 0 Å². The van der Waals surface area contributed by atoms with Crippen LogP contribution in [0.5, 0.6) is 11.5 Å². The van der Waals surface area contributed by atoms with Gasteiger partial charge in [0.25, 0.3) is 5.91 Å². The molecule has 130 valence electrons. The normalized spacial score (nSPS) is 19.0. The number of methoxy groups -OCH3 is 1. The highest BCUT2D eigenvalue weighted by molar-refractivity contribution is 6.05. The fourth-order valence-corrected chi connectivity index (χ4v) is 3.13. The van der Waals surface area contributed by atoms with Crippen LogP contribution >= 0.6 is 0 Å². The van der Waals surface area contributed by atoms with Crippen LogP contribution in [0.2, 0.25) is 0 Å². The molecule has 4 rings (SSSR count). The highest BCUT2D eigenvalue weighted by Crippen LogP contribution is 2.41. The Hall–Kier alpha value is -3.34. The largest absolute Gasteiger partial charge is 0.497 e. The second kappa shape index (κ2) is 6.88. The number of carbonyl (C=O) groups is 1. The van der Waals surface area contributed by atoms with Gasteiger partial charge in [-0.2, -0.15) is 0 Å². The molecule has 1 aliphatic heterocycles. The number of carbonyl (C=O) groups excluding carboxylic acids is 1. The van der Waals surface area contributed by atoms with Crippen LogP contribution in [0, 0.1) is 0 Å². The molecule has 1 aromatic heterocycles. The summed E-state index contributed by atoms with van der Waals surface area (Å²) < 4.78 is 11.2. The molecule has 0 radical (unpaired) electrons.